The van der Waals surface area contributed by atoms with E-state index >= 15 is 0 Å². The first-order valence-corrected chi connectivity index (χ1v) is 3.89. The van der Waals surface area contributed by atoms with Crippen molar-refractivity contribution < 1.29 is 4.39 Å². The van der Waals surface area contributed by atoms with Gasteiger partial charge in [-0.2, -0.15) is 0 Å². The highest BCUT2D eigenvalue weighted by Gasteiger charge is 2.08. The molecule has 0 aromatic rings. The molecule has 1 atom stereocenters. The van der Waals surface area contributed by atoms with Crippen molar-refractivity contribution in [3.05, 3.63) is 11.6 Å². The van der Waals surface area contributed by atoms with Gasteiger partial charge in [-0.15, -0.1) is 0 Å². The van der Waals surface area contributed by atoms with Crippen LogP contribution in [-0.2, 0) is 0 Å². The maximum absolute atomic E-state index is 12.5. The van der Waals surface area contributed by atoms with E-state index in [1.54, 1.807) is 0 Å². The number of allylic oxidation sites excluding steroid dienone is 1. The summed E-state index contributed by atoms with van der Waals surface area (Å²) in [7, 11) is 0. The summed E-state index contributed by atoms with van der Waals surface area (Å²) in [6.45, 7) is 0. The van der Waals surface area contributed by atoms with Gasteiger partial charge in [0.1, 0.15) is 0 Å². The summed E-state index contributed by atoms with van der Waals surface area (Å²) in [6, 6.07) is 0. The molecule has 2 N–H and O–H groups in total. The van der Waals surface area contributed by atoms with Crippen molar-refractivity contribution in [2.24, 2.45) is 5.73 Å². The molecule has 1 rings (SSSR count). The molecular weight excluding hydrogens is 129 g/mol. The van der Waals surface area contributed by atoms with Crippen LogP contribution in [-0.4, -0.2) is 6.30 Å². The van der Waals surface area contributed by atoms with Crippen LogP contribution in [0.2, 0.25) is 0 Å². The molecule has 2 heteroatoms. The molecular formula is C8H14FN. The van der Waals surface area contributed by atoms with E-state index in [2.05, 4.69) is 0 Å². The largest absolute Gasteiger partial charge is 0.298 e. The Hall–Kier alpha value is -0.370. The van der Waals surface area contributed by atoms with E-state index in [0.717, 1.165) is 24.8 Å². The number of alkyl halides is 1. The standard InChI is InChI=1S/C8H14FN/c9-8(10)7-5-3-1-2-4-6-7/h5,8H,1-4,6,10H2. The van der Waals surface area contributed by atoms with E-state index in [1.807, 2.05) is 6.08 Å². The fourth-order valence-corrected chi connectivity index (χ4v) is 1.29. The lowest BCUT2D eigenvalue weighted by Crippen LogP contribution is -2.15. The Kier molecular flexibility index (Phi) is 2.87. The minimum Gasteiger partial charge on any atom is -0.298 e. The normalized spacial score (nSPS) is 23.2. The molecule has 0 spiro atoms. The SMILES string of the molecule is NC(F)C1=CCCCCC1. The van der Waals surface area contributed by atoms with Gasteiger partial charge in [-0.3, -0.25) is 5.73 Å². The molecule has 0 saturated carbocycles. The van der Waals surface area contributed by atoms with Gasteiger partial charge in [-0.05, 0) is 31.3 Å². The Bertz CT molecular complexity index is 129. The molecule has 0 fully saturated rings. The van der Waals surface area contributed by atoms with Crippen molar-refractivity contribution in [1.29, 1.82) is 0 Å². The number of hydrogen-bond donors (Lipinski definition) is 1. The lowest BCUT2D eigenvalue weighted by atomic mass is 10.1. The van der Waals surface area contributed by atoms with Crippen molar-refractivity contribution in [2.75, 3.05) is 0 Å². The molecule has 0 amide bonds. The molecule has 0 aliphatic heterocycles. The first-order chi connectivity index (χ1) is 4.80. The maximum atomic E-state index is 12.5. The zero-order chi connectivity index (χ0) is 7.40. The van der Waals surface area contributed by atoms with Gasteiger partial charge in [0.05, 0.1) is 0 Å². The second-order valence-corrected chi connectivity index (χ2v) is 2.78. The van der Waals surface area contributed by atoms with Crippen LogP contribution in [0.1, 0.15) is 32.1 Å². The molecule has 0 heterocycles. The van der Waals surface area contributed by atoms with Gasteiger partial charge in [0.25, 0.3) is 0 Å². The van der Waals surface area contributed by atoms with E-state index in [9.17, 15) is 4.39 Å². The Labute approximate surface area is 61.1 Å². The minimum absolute atomic E-state index is 0.803. The van der Waals surface area contributed by atoms with Crippen LogP contribution in [0.4, 0.5) is 4.39 Å². The molecule has 1 nitrogen and oxygen atoms in total. The quantitative estimate of drug-likeness (QED) is 0.441. The van der Waals surface area contributed by atoms with E-state index in [0.29, 0.717) is 0 Å². The highest BCUT2D eigenvalue weighted by Crippen LogP contribution is 2.19. The maximum Gasteiger partial charge on any atom is 0.170 e. The third kappa shape index (κ3) is 2.10. The lowest BCUT2D eigenvalue weighted by molar-refractivity contribution is 0.383. The minimum atomic E-state index is -1.21. The number of rotatable bonds is 1. The molecule has 10 heavy (non-hydrogen) atoms. The molecule has 0 radical (unpaired) electrons. The van der Waals surface area contributed by atoms with Crippen LogP contribution < -0.4 is 5.73 Å². The van der Waals surface area contributed by atoms with Gasteiger partial charge in [0, 0.05) is 0 Å². The Morgan fingerprint density at radius 3 is 2.90 bits per heavy atom. The smallest absolute Gasteiger partial charge is 0.170 e. The average Bonchev–Trinajstić information content (AvgIpc) is 2.12. The van der Waals surface area contributed by atoms with E-state index < -0.39 is 6.30 Å². The zero-order valence-electron chi connectivity index (χ0n) is 6.15. The Balaban J connectivity index is 2.46. The highest BCUT2D eigenvalue weighted by molar-refractivity contribution is 5.07. The Morgan fingerprint density at radius 2 is 2.20 bits per heavy atom. The molecule has 0 aromatic heterocycles. The molecule has 1 aliphatic carbocycles. The fourth-order valence-electron chi connectivity index (χ4n) is 1.29. The van der Waals surface area contributed by atoms with Crippen molar-refractivity contribution in [3.63, 3.8) is 0 Å². The summed E-state index contributed by atoms with van der Waals surface area (Å²) in [5, 5.41) is 0. The zero-order valence-corrected chi connectivity index (χ0v) is 6.15. The van der Waals surface area contributed by atoms with Crippen LogP contribution >= 0.6 is 0 Å². The predicted molar refractivity (Wildman–Crippen MR) is 40.3 cm³/mol. The average molecular weight is 143 g/mol. The van der Waals surface area contributed by atoms with Crippen molar-refractivity contribution >= 4 is 0 Å². The summed E-state index contributed by atoms with van der Waals surface area (Å²) in [5.74, 6) is 0. The van der Waals surface area contributed by atoms with E-state index in [-0.39, 0.29) is 0 Å². The van der Waals surface area contributed by atoms with Gasteiger partial charge < -0.3 is 0 Å². The van der Waals surface area contributed by atoms with Gasteiger partial charge in [0.2, 0.25) is 0 Å². The molecule has 1 unspecified atom stereocenters. The summed E-state index contributed by atoms with van der Waals surface area (Å²) in [6.07, 6.45) is 6.12. The molecule has 0 bridgehead atoms. The fraction of sp³-hybridized carbons (Fsp3) is 0.750. The van der Waals surface area contributed by atoms with Crippen molar-refractivity contribution in [3.8, 4) is 0 Å². The van der Waals surface area contributed by atoms with Crippen molar-refractivity contribution in [2.45, 2.75) is 38.4 Å². The number of halogens is 1. The number of nitrogens with two attached hydrogens (primary N) is 1. The third-order valence-corrected chi connectivity index (χ3v) is 1.93. The monoisotopic (exact) mass is 143 g/mol. The summed E-state index contributed by atoms with van der Waals surface area (Å²) < 4.78 is 12.5. The van der Waals surface area contributed by atoms with Crippen LogP contribution in [0, 0.1) is 0 Å². The Morgan fingerprint density at radius 1 is 1.40 bits per heavy atom. The highest BCUT2D eigenvalue weighted by atomic mass is 19.1. The van der Waals surface area contributed by atoms with E-state index in [1.165, 1.54) is 12.8 Å². The topological polar surface area (TPSA) is 26.0 Å². The first-order valence-electron chi connectivity index (χ1n) is 3.89. The summed E-state index contributed by atoms with van der Waals surface area (Å²) in [4.78, 5) is 0. The van der Waals surface area contributed by atoms with E-state index in [4.69, 9.17) is 5.73 Å². The molecule has 0 aromatic carbocycles. The van der Waals surface area contributed by atoms with Gasteiger partial charge in [-0.1, -0.05) is 12.5 Å². The first kappa shape index (κ1) is 7.73. The van der Waals surface area contributed by atoms with Crippen LogP contribution in [0.25, 0.3) is 0 Å². The van der Waals surface area contributed by atoms with Crippen LogP contribution in [0.15, 0.2) is 11.6 Å². The molecule has 1 aliphatic rings. The number of hydrogen-bond acceptors (Lipinski definition) is 1. The summed E-state index contributed by atoms with van der Waals surface area (Å²) in [5.41, 5.74) is 5.90. The molecule has 0 saturated heterocycles. The van der Waals surface area contributed by atoms with Crippen LogP contribution in [0.5, 0.6) is 0 Å². The van der Waals surface area contributed by atoms with Crippen LogP contribution in [0.3, 0.4) is 0 Å². The van der Waals surface area contributed by atoms with Gasteiger partial charge in [-0.25, -0.2) is 4.39 Å². The van der Waals surface area contributed by atoms with Gasteiger partial charge in [0.15, 0.2) is 6.30 Å². The third-order valence-electron chi connectivity index (χ3n) is 1.93. The summed E-state index contributed by atoms with van der Waals surface area (Å²) >= 11 is 0. The predicted octanol–water partition coefficient (Wildman–Crippen LogP) is 2.13. The molecule has 58 valence electrons. The second kappa shape index (κ2) is 3.71. The second-order valence-electron chi connectivity index (χ2n) is 2.78. The van der Waals surface area contributed by atoms with Crippen molar-refractivity contribution in [1.82, 2.24) is 0 Å². The van der Waals surface area contributed by atoms with Gasteiger partial charge >= 0.3 is 0 Å². The lowest BCUT2D eigenvalue weighted by Gasteiger charge is -2.04.